The van der Waals surface area contributed by atoms with Gasteiger partial charge in [0.05, 0.1) is 0 Å². The highest BCUT2D eigenvalue weighted by molar-refractivity contribution is 5.76. The molecule has 1 amide bonds. The van der Waals surface area contributed by atoms with Crippen LogP contribution in [-0.2, 0) is 11.2 Å². The van der Waals surface area contributed by atoms with E-state index in [2.05, 4.69) is 11.9 Å². The maximum atomic E-state index is 11.5. The second kappa shape index (κ2) is 5.95. The van der Waals surface area contributed by atoms with E-state index in [1.54, 1.807) is 6.08 Å². The van der Waals surface area contributed by atoms with E-state index in [4.69, 9.17) is 5.73 Å². The van der Waals surface area contributed by atoms with Gasteiger partial charge < -0.3 is 11.1 Å². The summed E-state index contributed by atoms with van der Waals surface area (Å²) in [7, 11) is 0. The number of aryl methyl sites for hydroxylation is 1. The van der Waals surface area contributed by atoms with Crippen molar-refractivity contribution < 1.29 is 4.79 Å². The van der Waals surface area contributed by atoms with Crippen LogP contribution in [0.2, 0.25) is 0 Å². The maximum Gasteiger partial charge on any atom is 0.220 e. The van der Waals surface area contributed by atoms with Crippen LogP contribution in [0.3, 0.4) is 0 Å². The monoisotopic (exact) mass is 218 g/mol. The van der Waals surface area contributed by atoms with Crippen LogP contribution in [-0.4, -0.2) is 11.9 Å². The van der Waals surface area contributed by atoms with E-state index in [1.807, 2.05) is 31.2 Å². The number of nitrogen functional groups attached to an aromatic ring is 1. The molecular weight excluding hydrogens is 200 g/mol. The molecule has 0 aliphatic rings. The Hall–Kier alpha value is -1.77. The van der Waals surface area contributed by atoms with Gasteiger partial charge in [0.25, 0.3) is 0 Å². The molecular formula is C13H18N2O. The lowest BCUT2D eigenvalue weighted by atomic mass is 10.1. The Bertz CT molecular complexity index is 374. The Morgan fingerprint density at radius 2 is 2.38 bits per heavy atom. The number of benzene rings is 1. The molecule has 0 aromatic heterocycles. The third-order valence-corrected chi connectivity index (χ3v) is 2.33. The molecule has 0 aliphatic carbocycles. The molecule has 86 valence electrons. The van der Waals surface area contributed by atoms with E-state index < -0.39 is 0 Å². The second-order valence-electron chi connectivity index (χ2n) is 3.84. The van der Waals surface area contributed by atoms with Crippen LogP contribution in [0.25, 0.3) is 0 Å². The summed E-state index contributed by atoms with van der Waals surface area (Å²) in [5, 5.41) is 2.83. The zero-order chi connectivity index (χ0) is 12.0. The van der Waals surface area contributed by atoms with Crippen LogP contribution < -0.4 is 11.1 Å². The zero-order valence-corrected chi connectivity index (χ0v) is 9.57. The van der Waals surface area contributed by atoms with Gasteiger partial charge in [0.2, 0.25) is 5.91 Å². The first kappa shape index (κ1) is 12.3. The van der Waals surface area contributed by atoms with Crippen molar-refractivity contribution in [1.82, 2.24) is 5.32 Å². The summed E-state index contributed by atoms with van der Waals surface area (Å²) in [5.74, 6) is 0.0369. The molecule has 0 heterocycles. The highest BCUT2D eigenvalue weighted by Crippen LogP contribution is 2.08. The van der Waals surface area contributed by atoms with Crippen molar-refractivity contribution in [3.8, 4) is 0 Å². The molecule has 1 unspecified atom stereocenters. The summed E-state index contributed by atoms with van der Waals surface area (Å²) in [6.45, 7) is 5.51. The summed E-state index contributed by atoms with van der Waals surface area (Å²) in [4.78, 5) is 11.5. The summed E-state index contributed by atoms with van der Waals surface area (Å²) in [6, 6.07) is 7.62. The van der Waals surface area contributed by atoms with Crippen molar-refractivity contribution >= 4 is 11.6 Å². The maximum absolute atomic E-state index is 11.5. The van der Waals surface area contributed by atoms with Crippen LogP contribution in [0.15, 0.2) is 36.9 Å². The number of rotatable bonds is 5. The number of carbonyl (C=O) groups is 1. The van der Waals surface area contributed by atoms with Gasteiger partial charge in [-0.15, -0.1) is 6.58 Å². The average Bonchev–Trinajstić information content (AvgIpc) is 2.26. The second-order valence-corrected chi connectivity index (χ2v) is 3.84. The lowest BCUT2D eigenvalue weighted by Crippen LogP contribution is -2.30. The van der Waals surface area contributed by atoms with Crippen molar-refractivity contribution in [3.05, 3.63) is 42.5 Å². The molecule has 3 heteroatoms. The molecule has 1 rings (SSSR count). The molecule has 0 fully saturated rings. The fourth-order valence-electron chi connectivity index (χ4n) is 1.39. The summed E-state index contributed by atoms with van der Waals surface area (Å²) < 4.78 is 0. The number of anilines is 1. The minimum absolute atomic E-state index is 0.0216. The fourth-order valence-corrected chi connectivity index (χ4v) is 1.39. The van der Waals surface area contributed by atoms with E-state index >= 15 is 0 Å². The number of hydrogen-bond donors (Lipinski definition) is 2. The van der Waals surface area contributed by atoms with Gasteiger partial charge in [0, 0.05) is 18.2 Å². The molecule has 1 atom stereocenters. The normalized spacial score (nSPS) is 11.8. The molecule has 3 N–H and O–H groups in total. The third kappa shape index (κ3) is 4.17. The van der Waals surface area contributed by atoms with Crippen LogP contribution in [0.1, 0.15) is 18.9 Å². The highest BCUT2D eigenvalue weighted by atomic mass is 16.1. The molecule has 0 saturated heterocycles. The Morgan fingerprint density at radius 1 is 1.62 bits per heavy atom. The van der Waals surface area contributed by atoms with Gasteiger partial charge in [0.15, 0.2) is 0 Å². The predicted octanol–water partition coefficient (Wildman–Crippen LogP) is 1.89. The molecule has 0 spiro atoms. The first-order chi connectivity index (χ1) is 7.61. The molecule has 3 nitrogen and oxygen atoms in total. The minimum atomic E-state index is 0.0216. The Labute approximate surface area is 96.3 Å². The Balaban J connectivity index is 2.40. The van der Waals surface area contributed by atoms with Gasteiger partial charge in [0.1, 0.15) is 0 Å². The summed E-state index contributed by atoms with van der Waals surface area (Å²) in [6.07, 6.45) is 2.89. The first-order valence-corrected chi connectivity index (χ1v) is 5.38. The number of nitrogens with one attached hydrogen (secondary N) is 1. The fraction of sp³-hybridized carbons (Fsp3) is 0.308. The Kier molecular flexibility index (Phi) is 4.58. The third-order valence-electron chi connectivity index (χ3n) is 2.33. The minimum Gasteiger partial charge on any atom is -0.399 e. The van der Waals surface area contributed by atoms with Gasteiger partial charge in [-0.05, 0) is 31.0 Å². The predicted molar refractivity (Wildman–Crippen MR) is 67.0 cm³/mol. The van der Waals surface area contributed by atoms with Crippen molar-refractivity contribution in [2.24, 2.45) is 0 Å². The van der Waals surface area contributed by atoms with Crippen molar-refractivity contribution in [2.75, 3.05) is 5.73 Å². The number of carbonyl (C=O) groups excluding carboxylic acids is 1. The van der Waals surface area contributed by atoms with Crippen molar-refractivity contribution in [1.29, 1.82) is 0 Å². The van der Waals surface area contributed by atoms with Gasteiger partial charge >= 0.3 is 0 Å². The molecule has 0 bridgehead atoms. The van der Waals surface area contributed by atoms with E-state index in [9.17, 15) is 4.79 Å². The van der Waals surface area contributed by atoms with Crippen LogP contribution in [0.5, 0.6) is 0 Å². The van der Waals surface area contributed by atoms with Gasteiger partial charge in [-0.25, -0.2) is 0 Å². The zero-order valence-electron chi connectivity index (χ0n) is 9.57. The average molecular weight is 218 g/mol. The molecule has 16 heavy (non-hydrogen) atoms. The topological polar surface area (TPSA) is 55.1 Å². The highest BCUT2D eigenvalue weighted by Gasteiger charge is 2.04. The molecule has 0 radical (unpaired) electrons. The van der Waals surface area contributed by atoms with Gasteiger partial charge in [-0.2, -0.15) is 0 Å². The van der Waals surface area contributed by atoms with Crippen LogP contribution in [0, 0.1) is 0 Å². The SMILES string of the molecule is C=CC(C)NC(=O)CCc1cccc(N)c1. The summed E-state index contributed by atoms with van der Waals surface area (Å²) >= 11 is 0. The van der Waals surface area contributed by atoms with E-state index in [0.29, 0.717) is 12.8 Å². The van der Waals surface area contributed by atoms with Gasteiger partial charge in [-0.1, -0.05) is 18.2 Å². The number of nitrogens with two attached hydrogens (primary N) is 1. The standard InChI is InChI=1S/C13H18N2O/c1-3-10(2)15-13(16)8-7-11-5-4-6-12(14)9-11/h3-6,9-10H,1,7-8,14H2,2H3,(H,15,16). The first-order valence-electron chi connectivity index (χ1n) is 5.38. The van der Waals surface area contributed by atoms with E-state index in [0.717, 1.165) is 11.3 Å². The number of amides is 1. The molecule has 0 saturated carbocycles. The molecule has 0 aliphatic heterocycles. The van der Waals surface area contributed by atoms with Crippen LogP contribution >= 0.6 is 0 Å². The summed E-state index contributed by atoms with van der Waals surface area (Å²) in [5.41, 5.74) is 7.47. The lowest BCUT2D eigenvalue weighted by Gasteiger charge is -2.09. The van der Waals surface area contributed by atoms with E-state index in [-0.39, 0.29) is 11.9 Å². The van der Waals surface area contributed by atoms with E-state index in [1.165, 1.54) is 0 Å². The van der Waals surface area contributed by atoms with Crippen molar-refractivity contribution in [2.45, 2.75) is 25.8 Å². The molecule has 1 aromatic rings. The van der Waals surface area contributed by atoms with Gasteiger partial charge in [-0.3, -0.25) is 4.79 Å². The smallest absolute Gasteiger partial charge is 0.220 e. The number of hydrogen-bond acceptors (Lipinski definition) is 2. The largest absolute Gasteiger partial charge is 0.399 e. The quantitative estimate of drug-likeness (QED) is 0.585. The van der Waals surface area contributed by atoms with Crippen molar-refractivity contribution in [3.63, 3.8) is 0 Å². The molecule has 1 aromatic carbocycles. The van der Waals surface area contributed by atoms with Crippen LogP contribution in [0.4, 0.5) is 5.69 Å². The lowest BCUT2D eigenvalue weighted by molar-refractivity contribution is -0.121. The Morgan fingerprint density at radius 3 is 3.00 bits per heavy atom.